The fourth-order valence-corrected chi connectivity index (χ4v) is 10.1. The van der Waals surface area contributed by atoms with Gasteiger partial charge in [0, 0.05) is 49.8 Å². The van der Waals surface area contributed by atoms with E-state index in [1.54, 1.807) is 28.5 Å². The summed E-state index contributed by atoms with van der Waals surface area (Å²) >= 11 is 0. The molecule has 2 aliphatic heterocycles. The Morgan fingerprint density at radius 1 is 0.600 bits per heavy atom. The van der Waals surface area contributed by atoms with E-state index < -0.39 is 75.6 Å². The maximum absolute atomic E-state index is 12.5. The van der Waals surface area contributed by atoms with E-state index >= 15 is 0 Å². The third-order valence-corrected chi connectivity index (χ3v) is 14.0. The van der Waals surface area contributed by atoms with Crippen LogP contribution in [0.5, 0.6) is 0 Å². The molecule has 0 aromatic carbocycles. The largest absolute Gasteiger partial charge is 0.472 e. The van der Waals surface area contributed by atoms with Gasteiger partial charge >= 0.3 is 15.6 Å². The number of carbonyl (C=O) groups excluding carboxylic acids is 2. The molecule has 24 heteroatoms. The van der Waals surface area contributed by atoms with Crippen molar-refractivity contribution in [3.63, 3.8) is 0 Å². The molecule has 0 aromatic rings. The van der Waals surface area contributed by atoms with Gasteiger partial charge < -0.3 is 53.2 Å². The number of aliphatic hydroxyl groups is 2. The average Bonchev–Trinajstić information content (AvgIpc) is 3.63. The highest BCUT2D eigenvalue weighted by atomic mass is 33.1. The van der Waals surface area contributed by atoms with Gasteiger partial charge in [-0.05, 0) is 67.7 Å². The highest BCUT2D eigenvalue weighted by molar-refractivity contribution is 8.76. The lowest BCUT2D eigenvalue weighted by atomic mass is 9.93. The second-order valence-corrected chi connectivity index (χ2v) is 23.3. The van der Waals surface area contributed by atoms with E-state index in [4.69, 9.17) is 59.1 Å². The Morgan fingerprint density at radius 3 is 1.72 bits per heavy atom. The zero-order valence-corrected chi connectivity index (χ0v) is 42.8. The minimum absolute atomic E-state index is 0.00212. The smallest absolute Gasteiger partial charge is 0.388 e. The molecule has 2 aliphatic rings. The van der Waals surface area contributed by atoms with Gasteiger partial charge in [-0.25, -0.2) is 9.13 Å². The molecule has 0 spiro atoms. The zero-order valence-electron chi connectivity index (χ0n) is 39.4. The van der Waals surface area contributed by atoms with Crippen LogP contribution in [0.2, 0.25) is 0 Å². The van der Waals surface area contributed by atoms with E-state index in [-0.39, 0.29) is 51.2 Å². The molecule has 2 heterocycles. The van der Waals surface area contributed by atoms with Crippen LogP contribution in [-0.2, 0) is 70.0 Å². The van der Waals surface area contributed by atoms with Crippen LogP contribution in [-0.4, -0.2) is 177 Å². The fraction of sp³-hybridized carbons (Fsp3) is 0.951. The number of phosphoric acid groups is 2. The minimum Gasteiger partial charge on any atom is -0.388 e. The number of hydrogen-bond donors (Lipinski definition) is 4. The Kier molecular flexibility index (Phi) is 30.1. The van der Waals surface area contributed by atoms with E-state index in [1.165, 1.54) is 0 Å². The van der Waals surface area contributed by atoms with Crippen molar-refractivity contribution in [1.29, 1.82) is 0 Å². The van der Waals surface area contributed by atoms with Crippen molar-refractivity contribution in [2.45, 2.75) is 173 Å². The second-order valence-electron chi connectivity index (χ2n) is 17.8. The lowest BCUT2D eigenvalue weighted by molar-refractivity contribution is -0.119. The van der Waals surface area contributed by atoms with E-state index in [2.05, 4.69) is 0 Å². The molecule has 65 heavy (non-hydrogen) atoms. The van der Waals surface area contributed by atoms with E-state index in [0.29, 0.717) is 76.5 Å². The third kappa shape index (κ3) is 29.0. The first kappa shape index (κ1) is 61.1. The summed E-state index contributed by atoms with van der Waals surface area (Å²) in [6.45, 7) is 14.0. The summed E-state index contributed by atoms with van der Waals surface area (Å²) in [7, 11) is 0.0873. The summed E-state index contributed by atoms with van der Waals surface area (Å²) in [5.41, 5.74) is -1.05. The van der Waals surface area contributed by atoms with Crippen molar-refractivity contribution >= 4 is 56.6 Å². The van der Waals surface area contributed by atoms with Crippen LogP contribution < -0.4 is 0 Å². The standard InChI is InChI=1S/C41H77BO19P2S2/c1-30-35(45)37(60-41(5,6)7)34(58-30)29-57-62(47,48)56-25-24-53-23-22-52-21-20-51-18-13-15-32(44)17-27-65-64-26-16-31(43)14-11-9-8-10-12-19-55-63(49,50)61-38-33(28-54-40(2,3)4)59-39(42)36(38)46/h30,33-39,45-46H,8-29H2,1-7H3,(H,47,48)(H,49,50)/t30-,33+,34+,35+,36-,37?,38?,39+/m0/s1. The molecule has 0 amide bonds. The monoisotopic (exact) mass is 1010 g/mol. The van der Waals surface area contributed by atoms with Crippen LogP contribution >= 0.6 is 37.2 Å². The van der Waals surface area contributed by atoms with E-state index in [0.717, 1.165) is 25.7 Å². The van der Waals surface area contributed by atoms with Gasteiger partial charge in [0.05, 0.1) is 76.8 Å². The topological polar surface area (TPSA) is 251 Å². The Morgan fingerprint density at radius 2 is 1.12 bits per heavy atom. The summed E-state index contributed by atoms with van der Waals surface area (Å²) < 4.78 is 84.1. The molecule has 10 atom stereocenters. The summed E-state index contributed by atoms with van der Waals surface area (Å²) in [5.74, 6) is 1.75. The number of unbranched alkanes of at least 4 members (excludes halogenated alkanes) is 4. The first-order valence-corrected chi connectivity index (χ1v) is 28.0. The van der Waals surface area contributed by atoms with Crippen molar-refractivity contribution < 1.29 is 90.0 Å². The van der Waals surface area contributed by atoms with Crippen LogP contribution in [0.25, 0.3) is 0 Å². The van der Waals surface area contributed by atoms with Crippen molar-refractivity contribution in [2.24, 2.45) is 0 Å². The predicted molar refractivity (Wildman–Crippen MR) is 247 cm³/mol. The lowest BCUT2D eigenvalue weighted by Crippen LogP contribution is -2.41. The maximum Gasteiger partial charge on any atom is 0.472 e. The summed E-state index contributed by atoms with van der Waals surface area (Å²) in [6.07, 6.45) is 0.0618. The average molecular weight is 1010 g/mol. The summed E-state index contributed by atoms with van der Waals surface area (Å²) in [6, 6.07) is -1.08. The SMILES string of the molecule is [B][C@@H]1O[C@H](COC(C)(C)C)C(OP(=O)(O)OCCCCCCCC(=O)CCSSCCC(=O)CCCOCCOCCOCCOP(=O)(O)OC[C@H]2O[C@@H](C)[C@@H](O)C2OC(C)(C)C)[C@@H]1O. The molecule has 4 N–H and O–H groups in total. The van der Waals surface area contributed by atoms with Crippen LogP contribution in [0.1, 0.15) is 113 Å². The number of rotatable bonds is 38. The molecule has 0 aliphatic carbocycles. The summed E-state index contributed by atoms with van der Waals surface area (Å²) in [4.78, 5) is 44.7. The Labute approximate surface area is 395 Å². The first-order valence-electron chi connectivity index (χ1n) is 22.5. The highest BCUT2D eigenvalue weighted by Gasteiger charge is 2.47. The van der Waals surface area contributed by atoms with Gasteiger partial charge in [-0.1, -0.05) is 40.9 Å². The molecular weight excluding hydrogens is 933 g/mol. The Bertz CT molecular complexity index is 1430. The Balaban J connectivity index is 1.34. The minimum atomic E-state index is -4.48. The molecule has 2 fully saturated rings. The van der Waals surface area contributed by atoms with Gasteiger partial charge in [-0.3, -0.25) is 27.7 Å². The van der Waals surface area contributed by atoms with Crippen LogP contribution in [0.4, 0.5) is 0 Å². The molecule has 2 rings (SSSR count). The number of ether oxygens (including phenoxy) is 7. The van der Waals surface area contributed by atoms with Crippen LogP contribution in [0, 0.1) is 0 Å². The van der Waals surface area contributed by atoms with Crippen molar-refractivity contribution in [3.05, 3.63) is 0 Å². The molecule has 2 radical (unpaired) electrons. The molecule has 380 valence electrons. The van der Waals surface area contributed by atoms with Crippen LogP contribution in [0.3, 0.4) is 0 Å². The molecule has 2 saturated heterocycles. The van der Waals surface area contributed by atoms with E-state index in [1.807, 2.05) is 41.5 Å². The number of ketones is 2. The fourth-order valence-electron chi connectivity index (χ4n) is 6.30. The second kappa shape index (κ2) is 32.0. The van der Waals surface area contributed by atoms with Gasteiger partial charge in [0.1, 0.15) is 56.0 Å². The van der Waals surface area contributed by atoms with Gasteiger partial charge in [0.15, 0.2) is 0 Å². The van der Waals surface area contributed by atoms with Crippen molar-refractivity contribution in [1.82, 2.24) is 0 Å². The molecule has 0 aromatic heterocycles. The third-order valence-electron chi connectivity index (χ3n) is 9.61. The number of Topliss-reactive ketones (excluding diaryl/α,β-unsaturated/α-hetero) is 2. The van der Waals surface area contributed by atoms with Gasteiger partial charge in [-0.2, -0.15) is 0 Å². The molecule has 0 bridgehead atoms. The first-order chi connectivity index (χ1) is 30.5. The quantitative estimate of drug-likeness (QED) is 0.0258. The molecule has 0 saturated carbocycles. The molecular formula is C41H77BO19P2S2. The van der Waals surface area contributed by atoms with Crippen molar-refractivity contribution in [2.75, 3.05) is 77.6 Å². The summed E-state index contributed by atoms with van der Waals surface area (Å²) in [5, 5.41) is 20.7. The number of phosphoric ester groups is 2. The molecule has 4 unspecified atom stereocenters. The Hall–Kier alpha value is -0.0351. The van der Waals surface area contributed by atoms with Gasteiger partial charge in [0.2, 0.25) is 0 Å². The predicted octanol–water partition coefficient (Wildman–Crippen LogP) is 5.49. The number of hydrogen-bond acceptors (Lipinski definition) is 19. The van der Waals surface area contributed by atoms with Crippen molar-refractivity contribution in [3.8, 4) is 0 Å². The zero-order chi connectivity index (χ0) is 48.5. The van der Waals surface area contributed by atoms with Crippen LogP contribution in [0.15, 0.2) is 0 Å². The lowest BCUT2D eigenvalue weighted by Gasteiger charge is -2.29. The number of aliphatic hydroxyl groups excluding tert-OH is 2. The van der Waals surface area contributed by atoms with E-state index in [9.17, 15) is 38.7 Å². The van der Waals surface area contributed by atoms with Gasteiger partial charge in [-0.15, -0.1) is 0 Å². The highest BCUT2D eigenvalue weighted by Crippen LogP contribution is 2.47. The number of carbonyl (C=O) groups is 2. The maximum atomic E-state index is 12.5. The normalized spacial score (nSPS) is 25.8. The van der Waals surface area contributed by atoms with Gasteiger partial charge in [0.25, 0.3) is 0 Å². The molecule has 19 nitrogen and oxygen atoms in total.